The lowest BCUT2D eigenvalue weighted by Crippen LogP contribution is -2.16. The molecule has 4 aromatic rings. The van der Waals surface area contributed by atoms with Gasteiger partial charge in [-0.2, -0.15) is 10.2 Å². The minimum Gasteiger partial charge on any atom is -0.479 e. The summed E-state index contributed by atoms with van der Waals surface area (Å²) in [5.41, 5.74) is 6.05. The standard InChI is InChI=1S/C20H15F3N8O/c1-9(28-17-13(7-24)16(25)26-8-27-17)18-29-15-6-14(23)20(32-2)30-19(15)31(18)12-4-10(21)3-11(22)5-12/h3-6,8-9H,1-2H3,(H3,25,26,27,28)/t9-/m0/s1. The third kappa shape index (κ3) is 3.60. The van der Waals surface area contributed by atoms with Crippen LogP contribution in [0.4, 0.5) is 24.8 Å². The molecule has 1 aromatic carbocycles. The molecule has 0 bridgehead atoms. The molecule has 0 fully saturated rings. The number of hydrogen-bond donors (Lipinski definition) is 2. The summed E-state index contributed by atoms with van der Waals surface area (Å²) in [6.07, 6.45) is 1.18. The fourth-order valence-electron chi connectivity index (χ4n) is 3.23. The first-order valence-corrected chi connectivity index (χ1v) is 9.18. The average Bonchev–Trinajstić information content (AvgIpc) is 3.11. The van der Waals surface area contributed by atoms with E-state index in [4.69, 9.17) is 10.5 Å². The highest BCUT2D eigenvalue weighted by Crippen LogP contribution is 2.30. The number of fused-ring (bicyclic) bond motifs is 1. The third-order valence-corrected chi connectivity index (χ3v) is 4.61. The molecule has 9 nitrogen and oxygen atoms in total. The van der Waals surface area contributed by atoms with Crippen LogP contribution < -0.4 is 15.8 Å². The van der Waals surface area contributed by atoms with E-state index in [2.05, 4.69) is 25.3 Å². The topological polar surface area (TPSA) is 128 Å². The normalized spacial score (nSPS) is 11.9. The molecule has 0 spiro atoms. The van der Waals surface area contributed by atoms with Gasteiger partial charge in [-0.25, -0.2) is 28.1 Å². The van der Waals surface area contributed by atoms with Crippen LogP contribution >= 0.6 is 0 Å². The summed E-state index contributed by atoms with van der Waals surface area (Å²) in [6.45, 7) is 1.67. The van der Waals surface area contributed by atoms with Crippen molar-refractivity contribution in [2.75, 3.05) is 18.2 Å². The van der Waals surface area contributed by atoms with Crippen LogP contribution in [0.1, 0.15) is 24.4 Å². The summed E-state index contributed by atoms with van der Waals surface area (Å²) in [6, 6.07) is 5.22. The molecule has 3 heterocycles. The number of anilines is 2. The number of nitrogens with one attached hydrogen (secondary N) is 1. The van der Waals surface area contributed by atoms with Crippen LogP contribution in [-0.4, -0.2) is 31.6 Å². The molecule has 0 aliphatic carbocycles. The number of methoxy groups -OCH3 is 1. The van der Waals surface area contributed by atoms with Gasteiger partial charge in [0.15, 0.2) is 11.5 Å². The van der Waals surface area contributed by atoms with Gasteiger partial charge in [0.1, 0.15) is 52.6 Å². The molecule has 4 rings (SSSR count). The lowest BCUT2D eigenvalue weighted by molar-refractivity contribution is 0.371. The Labute approximate surface area is 179 Å². The van der Waals surface area contributed by atoms with E-state index in [0.29, 0.717) is 0 Å². The Kier molecular flexibility index (Phi) is 5.23. The predicted octanol–water partition coefficient (Wildman–Crippen LogP) is 3.26. The van der Waals surface area contributed by atoms with Crippen LogP contribution in [0.15, 0.2) is 30.6 Å². The van der Waals surface area contributed by atoms with Crippen LogP contribution in [0, 0.1) is 28.8 Å². The van der Waals surface area contributed by atoms with Gasteiger partial charge < -0.3 is 15.8 Å². The Balaban J connectivity index is 1.92. The summed E-state index contributed by atoms with van der Waals surface area (Å²) in [7, 11) is 1.24. The molecule has 0 amide bonds. The van der Waals surface area contributed by atoms with Crippen molar-refractivity contribution in [1.29, 1.82) is 5.26 Å². The number of hydrogen-bond acceptors (Lipinski definition) is 8. The highest BCUT2D eigenvalue weighted by atomic mass is 19.1. The molecule has 0 saturated heterocycles. The zero-order chi connectivity index (χ0) is 23.0. The maximum atomic E-state index is 14.2. The molecule has 0 aliphatic heterocycles. The van der Waals surface area contributed by atoms with E-state index in [1.54, 1.807) is 6.92 Å². The van der Waals surface area contributed by atoms with Gasteiger partial charge in [-0.3, -0.25) is 4.57 Å². The van der Waals surface area contributed by atoms with Crippen LogP contribution in [0.2, 0.25) is 0 Å². The zero-order valence-electron chi connectivity index (χ0n) is 16.8. The first kappa shape index (κ1) is 20.9. The van der Waals surface area contributed by atoms with E-state index in [-0.39, 0.29) is 45.8 Å². The van der Waals surface area contributed by atoms with Crippen molar-refractivity contribution in [3.05, 3.63) is 59.4 Å². The molecular formula is C20H15F3N8O. The van der Waals surface area contributed by atoms with Crippen LogP contribution in [0.5, 0.6) is 5.88 Å². The number of nitriles is 1. The second-order valence-corrected chi connectivity index (χ2v) is 6.72. The van der Waals surface area contributed by atoms with Crippen LogP contribution in [-0.2, 0) is 0 Å². The number of nitrogens with zero attached hydrogens (tertiary/aromatic N) is 6. The summed E-state index contributed by atoms with van der Waals surface area (Å²) in [4.78, 5) is 16.3. The molecule has 32 heavy (non-hydrogen) atoms. The van der Waals surface area contributed by atoms with Gasteiger partial charge in [0, 0.05) is 12.1 Å². The Bertz CT molecular complexity index is 1360. The fraction of sp³-hybridized carbons (Fsp3) is 0.150. The van der Waals surface area contributed by atoms with Gasteiger partial charge in [0.25, 0.3) is 5.88 Å². The molecule has 3 N–H and O–H groups in total. The zero-order valence-corrected chi connectivity index (χ0v) is 16.8. The van der Waals surface area contributed by atoms with E-state index in [1.807, 2.05) is 6.07 Å². The number of halogens is 3. The maximum absolute atomic E-state index is 14.2. The largest absolute Gasteiger partial charge is 0.479 e. The van der Waals surface area contributed by atoms with E-state index < -0.39 is 23.5 Å². The monoisotopic (exact) mass is 440 g/mol. The maximum Gasteiger partial charge on any atom is 0.252 e. The van der Waals surface area contributed by atoms with Crippen molar-refractivity contribution >= 4 is 22.8 Å². The molecule has 12 heteroatoms. The van der Waals surface area contributed by atoms with E-state index in [9.17, 15) is 18.4 Å². The lowest BCUT2D eigenvalue weighted by Gasteiger charge is -2.17. The number of nitrogens with two attached hydrogens (primary N) is 1. The van der Waals surface area contributed by atoms with Crippen LogP contribution in [0.25, 0.3) is 16.9 Å². The van der Waals surface area contributed by atoms with E-state index in [1.165, 1.54) is 18.0 Å². The summed E-state index contributed by atoms with van der Waals surface area (Å²) >= 11 is 0. The second-order valence-electron chi connectivity index (χ2n) is 6.72. The van der Waals surface area contributed by atoms with Gasteiger partial charge in [0.05, 0.1) is 18.8 Å². The first-order chi connectivity index (χ1) is 15.3. The Morgan fingerprint density at radius 1 is 1.12 bits per heavy atom. The molecule has 1 atom stereocenters. The van der Waals surface area contributed by atoms with Crippen molar-refractivity contribution in [3.63, 3.8) is 0 Å². The highest BCUT2D eigenvalue weighted by Gasteiger charge is 2.23. The average molecular weight is 440 g/mol. The Hall–Kier alpha value is -4.40. The first-order valence-electron chi connectivity index (χ1n) is 9.18. The smallest absolute Gasteiger partial charge is 0.252 e. The number of ether oxygens (including phenoxy) is 1. The van der Waals surface area contributed by atoms with E-state index >= 15 is 0 Å². The molecule has 0 unspecified atom stereocenters. The van der Waals surface area contributed by atoms with Gasteiger partial charge >= 0.3 is 0 Å². The Morgan fingerprint density at radius 3 is 2.50 bits per heavy atom. The van der Waals surface area contributed by atoms with Gasteiger partial charge in [-0.1, -0.05) is 0 Å². The third-order valence-electron chi connectivity index (χ3n) is 4.61. The number of aromatic nitrogens is 5. The number of rotatable bonds is 5. The SMILES string of the molecule is COc1nc2c(cc1F)nc([C@H](C)Nc1ncnc(N)c1C#N)n2-c1cc(F)cc(F)c1. The highest BCUT2D eigenvalue weighted by molar-refractivity contribution is 5.75. The minimum atomic E-state index is -0.821. The molecule has 3 aromatic heterocycles. The van der Waals surface area contributed by atoms with Gasteiger partial charge in [-0.15, -0.1) is 0 Å². The van der Waals surface area contributed by atoms with Gasteiger partial charge in [0.2, 0.25) is 0 Å². The van der Waals surface area contributed by atoms with E-state index in [0.717, 1.165) is 24.3 Å². The number of benzene rings is 1. The number of imidazole rings is 1. The summed E-state index contributed by atoms with van der Waals surface area (Å²) in [5.74, 6) is -2.38. The summed E-state index contributed by atoms with van der Waals surface area (Å²) < 4.78 is 48.5. The summed E-state index contributed by atoms with van der Waals surface area (Å²) in [5, 5.41) is 12.3. The number of pyridine rings is 1. The van der Waals surface area contributed by atoms with Crippen molar-refractivity contribution in [3.8, 4) is 17.6 Å². The predicted molar refractivity (Wildman–Crippen MR) is 108 cm³/mol. The second kappa shape index (κ2) is 8.03. The molecule has 0 saturated carbocycles. The minimum absolute atomic E-state index is 0.0182. The quantitative estimate of drug-likeness (QED) is 0.484. The van der Waals surface area contributed by atoms with Gasteiger partial charge in [-0.05, 0) is 19.1 Å². The lowest BCUT2D eigenvalue weighted by atomic mass is 10.2. The molecular weight excluding hydrogens is 425 g/mol. The van der Waals surface area contributed by atoms with Crippen molar-refractivity contribution in [1.82, 2.24) is 24.5 Å². The van der Waals surface area contributed by atoms with Crippen molar-refractivity contribution in [2.45, 2.75) is 13.0 Å². The molecule has 0 aliphatic rings. The molecule has 0 radical (unpaired) electrons. The Morgan fingerprint density at radius 2 is 1.84 bits per heavy atom. The van der Waals surface area contributed by atoms with Crippen molar-refractivity contribution in [2.24, 2.45) is 0 Å². The number of nitrogen functional groups attached to an aromatic ring is 1. The molecule has 162 valence electrons. The van der Waals surface area contributed by atoms with Crippen molar-refractivity contribution < 1.29 is 17.9 Å². The van der Waals surface area contributed by atoms with Crippen LogP contribution in [0.3, 0.4) is 0 Å². The fourth-order valence-corrected chi connectivity index (χ4v) is 3.23.